The summed E-state index contributed by atoms with van der Waals surface area (Å²) in [5.74, 6) is 2.42. The lowest BCUT2D eigenvalue weighted by Crippen LogP contribution is -2.03. The van der Waals surface area contributed by atoms with Crippen molar-refractivity contribution in [3.05, 3.63) is 29.6 Å². The van der Waals surface area contributed by atoms with E-state index in [-0.39, 0.29) is 5.78 Å². The third kappa shape index (κ3) is 2.29. The minimum atomic E-state index is 0.218. The smallest absolute Gasteiger partial charge is 0.163 e. The summed E-state index contributed by atoms with van der Waals surface area (Å²) in [6.45, 7) is 4.14. The minimum Gasteiger partial charge on any atom is -0.331 e. The van der Waals surface area contributed by atoms with E-state index >= 15 is 0 Å². The predicted molar refractivity (Wildman–Crippen MR) is 76.5 cm³/mol. The number of aromatic nitrogens is 2. The first kappa shape index (κ1) is 12.4. The van der Waals surface area contributed by atoms with E-state index in [0.717, 1.165) is 16.6 Å². The summed E-state index contributed by atoms with van der Waals surface area (Å²) in [4.78, 5) is 16.8. The van der Waals surface area contributed by atoms with Crippen molar-refractivity contribution in [2.75, 3.05) is 0 Å². The molecule has 1 fully saturated rings. The van der Waals surface area contributed by atoms with Crippen LogP contribution in [0.1, 0.15) is 55.2 Å². The van der Waals surface area contributed by atoms with Gasteiger partial charge in [-0.2, -0.15) is 0 Å². The first-order chi connectivity index (χ1) is 9.06. The Morgan fingerprint density at radius 2 is 2.16 bits per heavy atom. The molecule has 2 aromatic rings. The number of nitrogens with zero attached hydrogens (tertiary/aromatic N) is 2. The van der Waals surface area contributed by atoms with Gasteiger partial charge in [-0.05, 0) is 37.0 Å². The molecule has 0 saturated heterocycles. The Labute approximate surface area is 113 Å². The molecule has 0 atom stereocenters. The van der Waals surface area contributed by atoms with Gasteiger partial charge in [0.25, 0.3) is 0 Å². The zero-order valence-corrected chi connectivity index (χ0v) is 11.8. The molecular weight excluding hydrogens is 236 g/mol. The second-order valence-electron chi connectivity index (χ2n) is 6.03. The van der Waals surface area contributed by atoms with Crippen LogP contribution in [0.25, 0.3) is 11.0 Å². The Bertz CT molecular complexity index is 635. The first-order valence-corrected chi connectivity index (χ1v) is 7.06. The van der Waals surface area contributed by atoms with Gasteiger partial charge in [-0.25, -0.2) is 4.98 Å². The maximum atomic E-state index is 12.1. The topological polar surface area (TPSA) is 34.9 Å². The third-order valence-electron chi connectivity index (χ3n) is 3.77. The zero-order chi connectivity index (χ0) is 13.6. The highest BCUT2D eigenvalue weighted by Gasteiger charge is 2.28. The van der Waals surface area contributed by atoms with Crippen molar-refractivity contribution in [1.29, 1.82) is 0 Å². The van der Waals surface area contributed by atoms with Gasteiger partial charge in [-0.1, -0.05) is 13.8 Å². The average molecular weight is 256 g/mol. The van der Waals surface area contributed by atoms with Gasteiger partial charge < -0.3 is 4.57 Å². The normalized spacial score (nSPS) is 15.4. The fraction of sp³-hybridized carbons (Fsp3) is 0.500. The molecule has 3 heteroatoms. The van der Waals surface area contributed by atoms with Gasteiger partial charge >= 0.3 is 0 Å². The van der Waals surface area contributed by atoms with Gasteiger partial charge in [0.1, 0.15) is 5.82 Å². The van der Waals surface area contributed by atoms with Gasteiger partial charge in [-0.15, -0.1) is 0 Å². The molecule has 0 aliphatic heterocycles. The van der Waals surface area contributed by atoms with E-state index in [2.05, 4.69) is 25.5 Å². The summed E-state index contributed by atoms with van der Waals surface area (Å²) < 4.78 is 2.17. The molecule has 1 aliphatic carbocycles. The Balaban J connectivity index is 1.99. The monoisotopic (exact) mass is 256 g/mol. The van der Waals surface area contributed by atoms with E-state index < -0.39 is 0 Å². The van der Waals surface area contributed by atoms with Crippen molar-refractivity contribution in [2.45, 2.75) is 39.0 Å². The molecule has 1 aromatic heterocycles. The molecule has 0 spiro atoms. The molecule has 100 valence electrons. The lowest BCUT2D eigenvalue weighted by Gasteiger charge is -2.04. The standard InChI is InChI=1S/C16H20N2O/c1-10(2)8-15(19)12-6-7-14-13(9-12)17-16(18(14)3)11-4-5-11/h6-7,9-11H,4-5,8H2,1-3H3. The number of hydrogen-bond acceptors (Lipinski definition) is 2. The van der Waals surface area contributed by atoms with E-state index in [1.165, 1.54) is 18.7 Å². The minimum absolute atomic E-state index is 0.218. The molecule has 3 rings (SSSR count). The molecule has 3 nitrogen and oxygen atoms in total. The Kier molecular flexibility index (Phi) is 2.92. The molecular formula is C16H20N2O. The Morgan fingerprint density at radius 3 is 2.79 bits per heavy atom. The Morgan fingerprint density at radius 1 is 1.42 bits per heavy atom. The lowest BCUT2D eigenvalue weighted by molar-refractivity contribution is 0.0968. The number of fused-ring (bicyclic) bond motifs is 1. The van der Waals surface area contributed by atoms with E-state index in [1.54, 1.807) is 0 Å². The molecule has 0 unspecified atom stereocenters. The SMILES string of the molecule is CC(C)CC(=O)c1ccc2c(c1)nc(C1CC1)n2C. The van der Waals surface area contributed by atoms with E-state index in [1.807, 2.05) is 18.2 Å². The fourth-order valence-electron chi connectivity index (χ4n) is 2.59. The largest absolute Gasteiger partial charge is 0.331 e. The van der Waals surface area contributed by atoms with Crippen molar-refractivity contribution < 1.29 is 4.79 Å². The summed E-state index contributed by atoms with van der Waals surface area (Å²) in [5.41, 5.74) is 2.88. The maximum absolute atomic E-state index is 12.1. The number of rotatable bonds is 4. The average Bonchev–Trinajstić information content (AvgIpc) is 3.14. The van der Waals surface area contributed by atoms with Gasteiger partial charge in [0.05, 0.1) is 11.0 Å². The van der Waals surface area contributed by atoms with E-state index in [9.17, 15) is 4.79 Å². The lowest BCUT2D eigenvalue weighted by atomic mass is 10.0. The van der Waals surface area contributed by atoms with Crippen LogP contribution < -0.4 is 0 Å². The number of ketones is 1. The fourth-order valence-corrected chi connectivity index (χ4v) is 2.59. The van der Waals surface area contributed by atoms with Crippen LogP contribution in [-0.4, -0.2) is 15.3 Å². The highest BCUT2D eigenvalue weighted by atomic mass is 16.1. The second-order valence-corrected chi connectivity index (χ2v) is 6.03. The van der Waals surface area contributed by atoms with Crippen LogP contribution >= 0.6 is 0 Å². The highest BCUT2D eigenvalue weighted by Crippen LogP contribution is 2.40. The van der Waals surface area contributed by atoms with Crippen LogP contribution in [0, 0.1) is 5.92 Å². The van der Waals surface area contributed by atoms with Crippen LogP contribution in [-0.2, 0) is 7.05 Å². The summed E-state index contributed by atoms with van der Waals surface area (Å²) in [7, 11) is 2.07. The summed E-state index contributed by atoms with van der Waals surface area (Å²) >= 11 is 0. The molecule has 1 aromatic carbocycles. The number of imidazole rings is 1. The molecule has 1 heterocycles. The van der Waals surface area contributed by atoms with E-state index in [4.69, 9.17) is 4.98 Å². The molecule has 0 amide bonds. The molecule has 0 radical (unpaired) electrons. The van der Waals surface area contributed by atoms with Crippen molar-refractivity contribution in [2.24, 2.45) is 13.0 Å². The van der Waals surface area contributed by atoms with Crippen LogP contribution in [0.2, 0.25) is 0 Å². The number of carbonyl (C=O) groups is 1. The van der Waals surface area contributed by atoms with Crippen molar-refractivity contribution in [3.63, 3.8) is 0 Å². The van der Waals surface area contributed by atoms with E-state index in [0.29, 0.717) is 18.3 Å². The van der Waals surface area contributed by atoms with Crippen LogP contribution in [0.5, 0.6) is 0 Å². The van der Waals surface area contributed by atoms with Gasteiger partial charge in [-0.3, -0.25) is 4.79 Å². The number of hydrogen-bond donors (Lipinski definition) is 0. The number of aryl methyl sites for hydroxylation is 1. The zero-order valence-electron chi connectivity index (χ0n) is 11.8. The number of benzene rings is 1. The van der Waals surface area contributed by atoms with Crippen LogP contribution in [0.15, 0.2) is 18.2 Å². The molecule has 1 saturated carbocycles. The van der Waals surface area contributed by atoms with Gasteiger partial charge in [0.15, 0.2) is 5.78 Å². The summed E-state index contributed by atoms with van der Waals surface area (Å²) in [6, 6.07) is 5.92. The Hall–Kier alpha value is -1.64. The van der Waals surface area contributed by atoms with Gasteiger partial charge in [0, 0.05) is 24.9 Å². The third-order valence-corrected chi connectivity index (χ3v) is 3.77. The van der Waals surface area contributed by atoms with Crippen molar-refractivity contribution in [1.82, 2.24) is 9.55 Å². The van der Waals surface area contributed by atoms with Gasteiger partial charge in [0.2, 0.25) is 0 Å². The number of Topliss-reactive ketones (excluding diaryl/α,β-unsaturated/α-hetero) is 1. The quantitative estimate of drug-likeness (QED) is 0.782. The predicted octanol–water partition coefficient (Wildman–Crippen LogP) is 3.68. The molecule has 0 bridgehead atoms. The summed E-state index contributed by atoms with van der Waals surface area (Å²) in [5, 5.41) is 0. The first-order valence-electron chi connectivity index (χ1n) is 7.06. The highest BCUT2D eigenvalue weighted by molar-refractivity contribution is 5.99. The summed E-state index contributed by atoms with van der Waals surface area (Å²) in [6.07, 6.45) is 3.10. The molecule has 19 heavy (non-hydrogen) atoms. The number of carbonyl (C=O) groups excluding carboxylic acids is 1. The maximum Gasteiger partial charge on any atom is 0.163 e. The molecule has 0 N–H and O–H groups in total. The second kappa shape index (κ2) is 4.48. The molecule has 1 aliphatic rings. The van der Waals surface area contributed by atoms with Crippen molar-refractivity contribution >= 4 is 16.8 Å². The van der Waals surface area contributed by atoms with Crippen LogP contribution in [0.4, 0.5) is 0 Å². The van der Waals surface area contributed by atoms with Crippen molar-refractivity contribution in [3.8, 4) is 0 Å². The van der Waals surface area contributed by atoms with Crippen LogP contribution in [0.3, 0.4) is 0 Å².